The maximum Gasteiger partial charge on any atom is 0.251 e. The van der Waals surface area contributed by atoms with E-state index >= 15 is 0 Å². The lowest BCUT2D eigenvalue weighted by atomic mass is 10.1. The third-order valence-electron chi connectivity index (χ3n) is 4.22. The number of aryl methyl sites for hydroxylation is 1. The van der Waals surface area contributed by atoms with Crippen molar-refractivity contribution in [2.24, 2.45) is 4.99 Å². The molecule has 0 bridgehead atoms. The highest BCUT2D eigenvalue weighted by atomic mass is 127. The molecule has 0 saturated carbocycles. The summed E-state index contributed by atoms with van der Waals surface area (Å²) in [5.41, 5.74) is 2.93. The summed E-state index contributed by atoms with van der Waals surface area (Å²) in [5.74, 6) is 1.56. The van der Waals surface area contributed by atoms with Crippen molar-refractivity contribution in [2.45, 2.75) is 39.8 Å². The number of guanidine groups is 1. The third-order valence-corrected chi connectivity index (χ3v) is 4.22. The summed E-state index contributed by atoms with van der Waals surface area (Å²) in [6.45, 7) is 8.03. The van der Waals surface area contributed by atoms with E-state index < -0.39 is 0 Å². The van der Waals surface area contributed by atoms with Crippen molar-refractivity contribution in [3.8, 4) is 5.75 Å². The van der Waals surface area contributed by atoms with Crippen LogP contribution in [0.3, 0.4) is 0 Å². The van der Waals surface area contributed by atoms with Gasteiger partial charge in [0.05, 0.1) is 6.10 Å². The zero-order valence-corrected chi connectivity index (χ0v) is 20.5. The number of ether oxygens (including phenoxy) is 1. The zero-order chi connectivity index (χ0) is 21.1. The molecule has 0 unspecified atom stereocenters. The van der Waals surface area contributed by atoms with Crippen molar-refractivity contribution >= 4 is 35.8 Å². The maximum atomic E-state index is 12.0. The van der Waals surface area contributed by atoms with Gasteiger partial charge in [0, 0.05) is 37.8 Å². The van der Waals surface area contributed by atoms with Crippen LogP contribution in [0.2, 0.25) is 0 Å². The minimum atomic E-state index is -0.0508. The van der Waals surface area contributed by atoms with Gasteiger partial charge in [-0.05, 0) is 51.0 Å². The molecule has 164 valence electrons. The van der Waals surface area contributed by atoms with Gasteiger partial charge in [-0.15, -0.1) is 24.0 Å². The van der Waals surface area contributed by atoms with Crippen LogP contribution in [0.4, 0.5) is 0 Å². The Kier molecular flexibility index (Phi) is 11.9. The summed E-state index contributed by atoms with van der Waals surface area (Å²) in [7, 11) is 1.74. The van der Waals surface area contributed by atoms with Crippen LogP contribution in [0, 0.1) is 6.92 Å². The second kappa shape index (κ2) is 13.8. The number of carbonyl (C=O) groups is 1. The van der Waals surface area contributed by atoms with Crippen molar-refractivity contribution in [1.29, 1.82) is 0 Å². The van der Waals surface area contributed by atoms with E-state index in [1.54, 1.807) is 7.05 Å². The Labute approximate surface area is 196 Å². The number of carbonyl (C=O) groups excluding carboxylic acids is 1. The quantitative estimate of drug-likeness (QED) is 0.202. The Hall–Kier alpha value is -2.29. The van der Waals surface area contributed by atoms with Gasteiger partial charge in [0.15, 0.2) is 5.96 Å². The predicted molar refractivity (Wildman–Crippen MR) is 134 cm³/mol. The molecule has 0 saturated heterocycles. The average Bonchev–Trinajstić information content (AvgIpc) is 2.71. The van der Waals surface area contributed by atoms with Crippen LogP contribution in [0.5, 0.6) is 5.75 Å². The zero-order valence-electron chi connectivity index (χ0n) is 18.2. The summed E-state index contributed by atoms with van der Waals surface area (Å²) in [4.78, 5) is 16.3. The third kappa shape index (κ3) is 9.02. The fraction of sp³-hybridized carbons (Fsp3) is 0.391. The van der Waals surface area contributed by atoms with Crippen molar-refractivity contribution in [3.63, 3.8) is 0 Å². The molecule has 0 aliphatic rings. The second-order valence-corrected chi connectivity index (χ2v) is 7.11. The van der Waals surface area contributed by atoms with Crippen LogP contribution in [0.1, 0.15) is 41.8 Å². The number of hydrogen-bond acceptors (Lipinski definition) is 3. The van der Waals surface area contributed by atoms with Crippen molar-refractivity contribution in [1.82, 2.24) is 16.0 Å². The number of amides is 1. The molecular weight excluding hydrogens is 491 g/mol. The van der Waals surface area contributed by atoms with Gasteiger partial charge in [-0.2, -0.15) is 0 Å². The first-order valence-corrected chi connectivity index (χ1v) is 10.0. The summed E-state index contributed by atoms with van der Waals surface area (Å²) in [5, 5.41) is 9.51. The monoisotopic (exact) mass is 524 g/mol. The van der Waals surface area contributed by atoms with Crippen molar-refractivity contribution in [2.75, 3.05) is 20.1 Å². The molecule has 30 heavy (non-hydrogen) atoms. The van der Waals surface area contributed by atoms with Gasteiger partial charge in [-0.25, -0.2) is 0 Å². The van der Waals surface area contributed by atoms with E-state index in [1.165, 1.54) is 5.56 Å². The number of aliphatic imine (C=N–C) groups is 1. The van der Waals surface area contributed by atoms with Crippen LogP contribution in [-0.2, 0) is 6.54 Å². The van der Waals surface area contributed by atoms with Gasteiger partial charge >= 0.3 is 0 Å². The Balaban J connectivity index is 0.00000450. The summed E-state index contributed by atoms with van der Waals surface area (Å²) in [6.07, 6.45) is 0.921. The number of hydrogen-bond donors (Lipinski definition) is 3. The van der Waals surface area contributed by atoms with Crippen LogP contribution in [-0.4, -0.2) is 38.1 Å². The summed E-state index contributed by atoms with van der Waals surface area (Å²) in [6, 6.07) is 15.4. The topological polar surface area (TPSA) is 74.8 Å². The molecule has 0 aliphatic heterocycles. The molecule has 0 heterocycles. The van der Waals surface area contributed by atoms with Crippen LogP contribution >= 0.6 is 24.0 Å². The minimum Gasteiger partial charge on any atom is -0.491 e. The van der Waals surface area contributed by atoms with E-state index in [1.807, 2.05) is 44.2 Å². The van der Waals surface area contributed by atoms with Gasteiger partial charge in [0.2, 0.25) is 0 Å². The molecule has 0 aromatic heterocycles. The van der Waals surface area contributed by atoms with Crippen LogP contribution < -0.4 is 20.7 Å². The second-order valence-electron chi connectivity index (χ2n) is 7.11. The molecule has 6 nitrogen and oxygen atoms in total. The number of benzene rings is 2. The van der Waals surface area contributed by atoms with Gasteiger partial charge in [-0.3, -0.25) is 9.79 Å². The first-order valence-electron chi connectivity index (χ1n) is 10.0. The highest BCUT2D eigenvalue weighted by Crippen LogP contribution is 2.21. The van der Waals surface area contributed by atoms with Gasteiger partial charge < -0.3 is 20.7 Å². The number of nitrogens with one attached hydrogen (secondary N) is 3. The van der Waals surface area contributed by atoms with Crippen molar-refractivity contribution in [3.05, 3.63) is 65.2 Å². The molecule has 2 aromatic carbocycles. The first kappa shape index (κ1) is 25.7. The lowest BCUT2D eigenvalue weighted by Gasteiger charge is -2.17. The molecule has 0 radical (unpaired) electrons. The molecule has 0 atom stereocenters. The molecule has 0 aliphatic carbocycles. The molecule has 2 aromatic rings. The Morgan fingerprint density at radius 3 is 2.40 bits per heavy atom. The largest absolute Gasteiger partial charge is 0.491 e. The van der Waals surface area contributed by atoms with E-state index in [4.69, 9.17) is 4.74 Å². The first-order chi connectivity index (χ1) is 14.0. The maximum absolute atomic E-state index is 12.0. The normalized spacial score (nSPS) is 10.9. The molecular formula is C23H33IN4O2. The van der Waals surface area contributed by atoms with Crippen LogP contribution in [0.15, 0.2) is 53.5 Å². The Morgan fingerprint density at radius 2 is 1.73 bits per heavy atom. The highest BCUT2D eigenvalue weighted by molar-refractivity contribution is 14.0. The Bertz CT molecular complexity index is 810. The molecule has 7 heteroatoms. The molecule has 0 fully saturated rings. The average molecular weight is 524 g/mol. The van der Waals surface area contributed by atoms with E-state index in [0.717, 1.165) is 23.7 Å². The summed E-state index contributed by atoms with van der Waals surface area (Å²) < 4.78 is 5.92. The highest BCUT2D eigenvalue weighted by Gasteiger charge is 2.08. The lowest BCUT2D eigenvalue weighted by Crippen LogP contribution is -2.38. The molecule has 0 spiro atoms. The predicted octanol–water partition coefficient (Wildman–Crippen LogP) is 3.89. The fourth-order valence-corrected chi connectivity index (χ4v) is 2.76. The standard InChI is InChI=1S/C23H32N4O2.HI/c1-17(2)29-21-15-18(3)11-12-20(21)16-27-23(24-4)26-14-8-13-25-22(28)19-9-6-5-7-10-19;/h5-7,9-12,15,17H,8,13-14,16H2,1-4H3,(H,25,28)(H2,24,26,27);1H. The van der Waals surface area contributed by atoms with E-state index in [0.29, 0.717) is 25.2 Å². The Morgan fingerprint density at radius 1 is 1.03 bits per heavy atom. The van der Waals surface area contributed by atoms with E-state index in [-0.39, 0.29) is 36.0 Å². The van der Waals surface area contributed by atoms with Gasteiger partial charge in [0.25, 0.3) is 5.91 Å². The fourth-order valence-electron chi connectivity index (χ4n) is 2.76. The minimum absolute atomic E-state index is 0. The van der Waals surface area contributed by atoms with E-state index in [9.17, 15) is 4.79 Å². The van der Waals surface area contributed by atoms with Gasteiger partial charge in [0.1, 0.15) is 5.75 Å². The molecule has 1 amide bonds. The number of halogens is 1. The number of nitrogens with zero attached hydrogens (tertiary/aromatic N) is 1. The van der Waals surface area contributed by atoms with Crippen molar-refractivity contribution < 1.29 is 9.53 Å². The smallest absolute Gasteiger partial charge is 0.251 e. The number of rotatable bonds is 9. The SMILES string of the molecule is CN=C(NCCCNC(=O)c1ccccc1)NCc1ccc(C)cc1OC(C)C.I. The van der Waals surface area contributed by atoms with Crippen LogP contribution in [0.25, 0.3) is 0 Å². The lowest BCUT2D eigenvalue weighted by molar-refractivity contribution is 0.0953. The molecule has 2 rings (SSSR count). The van der Waals surface area contributed by atoms with E-state index in [2.05, 4.69) is 46.1 Å². The summed E-state index contributed by atoms with van der Waals surface area (Å²) >= 11 is 0. The van der Waals surface area contributed by atoms with Gasteiger partial charge in [-0.1, -0.05) is 30.3 Å². The molecule has 3 N–H and O–H groups in total.